The van der Waals surface area contributed by atoms with Gasteiger partial charge in [0.25, 0.3) is 5.91 Å². The fourth-order valence-corrected chi connectivity index (χ4v) is 3.11. The Morgan fingerprint density at radius 2 is 2.19 bits per heavy atom. The predicted molar refractivity (Wildman–Crippen MR) is 109 cm³/mol. The molecule has 27 heavy (non-hydrogen) atoms. The van der Waals surface area contributed by atoms with E-state index in [1.165, 1.54) is 0 Å². The Kier molecular flexibility index (Phi) is 8.06. The van der Waals surface area contributed by atoms with Gasteiger partial charge < -0.3 is 20.3 Å². The fraction of sp³-hybridized carbons (Fsp3) is 0.421. The molecule has 0 atom stereocenters. The smallest absolute Gasteiger partial charge is 0.257 e. The third-order valence-corrected chi connectivity index (χ3v) is 4.55. The summed E-state index contributed by atoms with van der Waals surface area (Å²) in [4.78, 5) is 22.4. The fourth-order valence-electron chi connectivity index (χ4n) is 2.51. The second-order valence-electron chi connectivity index (χ2n) is 6.00. The van der Waals surface area contributed by atoms with Crippen molar-refractivity contribution >= 4 is 23.2 Å². The van der Waals surface area contributed by atoms with E-state index >= 15 is 0 Å². The molecule has 0 bridgehead atoms. The largest absolute Gasteiger partial charge is 0.484 e. The van der Waals surface area contributed by atoms with Crippen LogP contribution >= 0.6 is 11.3 Å². The van der Waals surface area contributed by atoms with Crippen LogP contribution in [0.15, 0.2) is 34.6 Å². The van der Waals surface area contributed by atoms with Gasteiger partial charge in [0.1, 0.15) is 5.75 Å². The molecular weight excluding hydrogens is 362 g/mol. The van der Waals surface area contributed by atoms with Gasteiger partial charge >= 0.3 is 0 Å². The minimum atomic E-state index is -0.125. The first kappa shape index (κ1) is 20.7. The second kappa shape index (κ2) is 10.5. The molecular formula is C19H27N5O2S. The van der Waals surface area contributed by atoms with Gasteiger partial charge in [0.2, 0.25) is 0 Å². The number of thiazole rings is 1. The van der Waals surface area contributed by atoms with E-state index in [-0.39, 0.29) is 12.5 Å². The molecule has 0 radical (unpaired) electrons. The van der Waals surface area contributed by atoms with Crippen molar-refractivity contribution in [2.24, 2.45) is 4.99 Å². The molecule has 2 aromatic rings. The van der Waals surface area contributed by atoms with Gasteiger partial charge in [-0.2, -0.15) is 0 Å². The van der Waals surface area contributed by atoms with Gasteiger partial charge in [-0.05, 0) is 31.5 Å². The number of carbonyl (C=O) groups excluding carboxylic acids is 1. The lowest BCUT2D eigenvalue weighted by Crippen LogP contribution is -2.38. The Labute approximate surface area is 164 Å². The first-order valence-corrected chi connectivity index (χ1v) is 9.71. The number of aryl methyl sites for hydroxylation is 1. The zero-order valence-corrected chi connectivity index (χ0v) is 17.1. The molecule has 7 nitrogen and oxygen atoms in total. The number of nitrogens with one attached hydrogen (secondary N) is 2. The molecule has 0 aliphatic rings. The lowest BCUT2D eigenvalue weighted by molar-refractivity contribution is -0.122. The molecule has 8 heteroatoms. The Bertz CT molecular complexity index is 775. The molecule has 1 aromatic carbocycles. The summed E-state index contributed by atoms with van der Waals surface area (Å²) < 4.78 is 5.54. The molecule has 146 valence electrons. The van der Waals surface area contributed by atoms with E-state index in [0.717, 1.165) is 22.2 Å². The minimum absolute atomic E-state index is 0.0161. The molecule has 1 heterocycles. The molecule has 0 fully saturated rings. The highest BCUT2D eigenvalue weighted by molar-refractivity contribution is 7.09. The Morgan fingerprint density at radius 1 is 1.37 bits per heavy atom. The van der Waals surface area contributed by atoms with Gasteiger partial charge in [0, 0.05) is 32.6 Å². The topological polar surface area (TPSA) is 78.8 Å². The average molecular weight is 390 g/mol. The lowest BCUT2D eigenvalue weighted by Gasteiger charge is -2.21. The van der Waals surface area contributed by atoms with Crippen molar-refractivity contribution < 1.29 is 9.53 Å². The highest BCUT2D eigenvalue weighted by atomic mass is 32.1. The summed E-state index contributed by atoms with van der Waals surface area (Å²) >= 11 is 1.65. The van der Waals surface area contributed by atoms with Gasteiger partial charge in [-0.15, -0.1) is 11.3 Å². The number of aromatic nitrogens is 1. The molecule has 0 unspecified atom stereocenters. The van der Waals surface area contributed by atoms with Crippen molar-refractivity contribution in [2.75, 3.05) is 27.2 Å². The average Bonchev–Trinajstić information content (AvgIpc) is 3.06. The maximum Gasteiger partial charge on any atom is 0.257 e. The Hall–Kier alpha value is -2.61. The van der Waals surface area contributed by atoms with Crippen LogP contribution in [0.25, 0.3) is 0 Å². The van der Waals surface area contributed by atoms with Crippen molar-refractivity contribution in [1.29, 1.82) is 0 Å². The van der Waals surface area contributed by atoms with Crippen LogP contribution in [0, 0.1) is 6.92 Å². The standard InChI is InChI=1S/C19H27N5O2S/c1-5-21-18(25)12-26-17-8-6-7-15(9-17)10-22-19(20-3)24(4)11-16-13-27-14(2)23-16/h6-9,13H,5,10-12H2,1-4H3,(H,20,22)(H,21,25). The molecule has 2 rings (SSSR count). The number of guanidine groups is 1. The number of ether oxygens (including phenoxy) is 1. The van der Waals surface area contributed by atoms with Crippen molar-refractivity contribution in [1.82, 2.24) is 20.5 Å². The number of amides is 1. The normalized spacial score (nSPS) is 11.2. The Morgan fingerprint density at radius 3 is 2.85 bits per heavy atom. The van der Waals surface area contributed by atoms with E-state index in [4.69, 9.17) is 4.74 Å². The summed E-state index contributed by atoms with van der Waals surface area (Å²) in [6.07, 6.45) is 0. The number of nitrogens with zero attached hydrogens (tertiary/aromatic N) is 3. The van der Waals surface area contributed by atoms with E-state index in [2.05, 4.69) is 26.0 Å². The minimum Gasteiger partial charge on any atom is -0.484 e. The third-order valence-electron chi connectivity index (χ3n) is 3.73. The van der Waals surface area contributed by atoms with Crippen LogP contribution in [-0.4, -0.2) is 49.0 Å². The van der Waals surface area contributed by atoms with Crippen molar-refractivity contribution in [3.8, 4) is 5.75 Å². The quantitative estimate of drug-likeness (QED) is 0.534. The number of hydrogen-bond acceptors (Lipinski definition) is 5. The summed E-state index contributed by atoms with van der Waals surface area (Å²) in [5.74, 6) is 1.33. The molecule has 0 spiro atoms. The van der Waals surface area contributed by atoms with Gasteiger partial charge in [-0.25, -0.2) is 4.98 Å². The van der Waals surface area contributed by atoms with E-state index in [1.807, 2.05) is 50.1 Å². The van der Waals surface area contributed by atoms with Gasteiger partial charge in [0.05, 0.1) is 17.2 Å². The number of aliphatic imine (C=N–C) groups is 1. The molecule has 0 saturated heterocycles. The molecule has 1 aromatic heterocycles. The summed E-state index contributed by atoms with van der Waals surface area (Å²) in [6.45, 7) is 5.79. The highest BCUT2D eigenvalue weighted by Gasteiger charge is 2.09. The lowest BCUT2D eigenvalue weighted by atomic mass is 10.2. The van der Waals surface area contributed by atoms with E-state index in [0.29, 0.717) is 25.4 Å². The predicted octanol–water partition coefficient (Wildman–Crippen LogP) is 2.17. The summed E-state index contributed by atoms with van der Waals surface area (Å²) in [7, 11) is 3.74. The zero-order valence-electron chi connectivity index (χ0n) is 16.3. The number of likely N-dealkylation sites (N-methyl/N-ethyl adjacent to an activating group) is 1. The molecule has 1 amide bonds. The van der Waals surface area contributed by atoms with Crippen LogP contribution in [0.2, 0.25) is 0 Å². The van der Waals surface area contributed by atoms with E-state index in [1.54, 1.807) is 18.4 Å². The van der Waals surface area contributed by atoms with Gasteiger partial charge in [-0.1, -0.05) is 12.1 Å². The van der Waals surface area contributed by atoms with E-state index < -0.39 is 0 Å². The second-order valence-corrected chi connectivity index (χ2v) is 7.07. The van der Waals surface area contributed by atoms with Crippen molar-refractivity contribution in [2.45, 2.75) is 26.9 Å². The van der Waals surface area contributed by atoms with Crippen LogP contribution in [-0.2, 0) is 17.9 Å². The maximum absolute atomic E-state index is 11.5. The van der Waals surface area contributed by atoms with Crippen LogP contribution in [0.4, 0.5) is 0 Å². The van der Waals surface area contributed by atoms with Crippen LogP contribution in [0.1, 0.15) is 23.2 Å². The van der Waals surface area contributed by atoms with Gasteiger partial charge in [0.15, 0.2) is 12.6 Å². The highest BCUT2D eigenvalue weighted by Crippen LogP contribution is 2.14. The number of hydrogen-bond donors (Lipinski definition) is 2. The first-order chi connectivity index (χ1) is 13.0. The number of rotatable bonds is 8. The maximum atomic E-state index is 11.5. The first-order valence-electron chi connectivity index (χ1n) is 8.83. The van der Waals surface area contributed by atoms with E-state index in [9.17, 15) is 4.79 Å². The third kappa shape index (κ3) is 6.90. The molecule has 0 aliphatic carbocycles. The SMILES string of the molecule is CCNC(=O)COc1cccc(CNC(=NC)N(C)Cc2csc(C)n2)c1. The van der Waals surface area contributed by atoms with Crippen LogP contribution in [0.3, 0.4) is 0 Å². The zero-order chi connectivity index (χ0) is 19.6. The molecule has 0 aliphatic heterocycles. The van der Waals surface area contributed by atoms with Crippen LogP contribution < -0.4 is 15.4 Å². The molecule has 0 saturated carbocycles. The monoisotopic (exact) mass is 389 g/mol. The van der Waals surface area contributed by atoms with Crippen molar-refractivity contribution in [3.05, 3.63) is 45.9 Å². The Balaban J connectivity index is 1.88. The van der Waals surface area contributed by atoms with Crippen LogP contribution in [0.5, 0.6) is 5.75 Å². The number of carbonyl (C=O) groups is 1. The summed E-state index contributed by atoms with van der Waals surface area (Å²) in [5.41, 5.74) is 2.08. The summed E-state index contributed by atoms with van der Waals surface area (Å²) in [6, 6.07) is 7.68. The molecule has 2 N–H and O–H groups in total. The van der Waals surface area contributed by atoms with Gasteiger partial charge in [-0.3, -0.25) is 9.79 Å². The number of benzene rings is 1. The summed E-state index contributed by atoms with van der Waals surface area (Å²) in [5, 5.41) is 9.18. The van der Waals surface area contributed by atoms with Crippen molar-refractivity contribution in [3.63, 3.8) is 0 Å².